The number of nitrogens with zero attached hydrogens (tertiary/aromatic N) is 1. The lowest BCUT2D eigenvalue weighted by Gasteiger charge is -2.38. The van der Waals surface area contributed by atoms with E-state index >= 15 is 0 Å². The van der Waals surface area contributed by atoms with Crippen molar-refractivity contribution in [3.05, 3.63) is 21.4 Å². The van der Waals surface area contributed by atoms with Crippen molar-refractivity contribution in [3.8, 4) is 0 Å². The Morgan fingerprint density at radius 1 is 1.37 bits per heavy atom. The summed E-state index contributed by atoms with van der Waals surface area (Å²) in [6.45, 7) is 15.0. The first kappa shape index (κ1) is 15.0. The molecule has 2 rings (SSSR count). The molecule has 0 aromatic carbocycles. The van der Waals surface area contributed by atoms with Crippen LogP contribution in [-0.2, 0) is 0 Å². The molecule has 19 heavy (non-hydrogen) atoms. The van der Waals surface area contributed by atoms with Crippen molar-refractivity contribution < 1.29 is 0 Å². The first-order valence-electron chi connectivity index (χ1n) is 7.51. The van der Waals surface area contributed by atoms with Gasteiger partial charge in [-0.2, -0.15) is 0 Å². The minimum atomic E-state index is 0.557. The zero-order valence-electron chi connectivity index (χ0n) is 13.0. The summed E-state index contributed by atoms with van der Waals surface area (Å²) in [7, 11) is 0. The second-order valence-electron chi connectivity index (χ2n) is 6.32. The molecule has 0 spiro atoms. The fourth-order valence-corrected chi connectivity index (χ4v) is 4.21. The van der Waals surface area contributed by atoms with Crippen LogP contribution in [0.4, 0.5) is 0 Å². The highest BCUT2D eigenvalue weighted by atomic mass is 32.1. The van der Waals surface area contributed by atoms with Crippen molar-refractivity contribution in [3.63, 3.8) is 0 Å². The van der Waals surface area contributed by atoms with Gasteiger partial charge in [-0.1, -0.05) is 13.8 Å². The third-order valence-corrected chi connectivity index (χ3v) is 5.10. The van der Waals surface area contributed by atoms with E-state index in [0.717, 1.165) is 12.5 Å². The Kier molecular flexibility index (Phi) is 5.04. The van der Waals surface area contributed by atoms with Crippen LogP contribution in [0, 0.1) is 19.8 Å². The van der Waals surface area contributed by atoms with Crippen molar-refractivity contribution >= 4 is 11.3 Å². The molecule has 1 N–H and O–H groups in total. The monoisotopic (exact) mass is 280 g/mol. The largest absolute Gasteiger partial charge is 0.311 e. The third kappa shape index (κ3) is 3.80. The van der Waals surface area contributed by atoms with Gasteiger partial charge in [-0.15, -0.1) is 11.3 Å². The molecule has 2 nitrogen and oxygen atoms in total. The summed E-state index contributed by atoms with van der Waals surface area (Å²) in [4.78, 5) is 5.58. The number of thiophene rings is 1. The van der Waals surface area contributed by atoms with Crippen LogP contribution in [0.25, 0.3) is 0 Å². The van der Waals surface area contributed by atoms with Gasteiger partial charge < -0.3 is 5.32 Å². The maximum atomic E-state index is 3.67. The molecule has 0 amide bonds. The van der Waals surface area contributed by atoms with Crippen molar-refractivity contribution in [1.29, 1.82) is 0 Å². The quantitative estimate of drug-likeness (QED) is 0.903. The molecule has 0 bridgehead atoms. The summed E-state index contributed by atoms with van der Waals surface area (Å²) in [6.07, 6.45) is 1.28. The second kappa shape index (κ2) is 6.38. The van der Waals surface area contributed by atoms with Crippen LogP contribution < -0.4 is 5.32 Å². The zero-order chi connectivity index (χ0) is 14.0. The van der Waals surface area contributed by atoms with Crippen LogP contribution >= 0.6 is 11.3 Å². The van der Waals surface area contributed by atoms with Crippen molar-refractivity contribution in [2.75, 3.05) is 19.6 Å². The zero-order valence-corrected chi connectivity index (χ0v) is 13.8. The Labute approximate surface area is 122 Å². The molecule has 2 heterocycles. The van der Waals surface area contributed by atoms with Gasteiger partial charge in [0.05, 0.1) is 0 Å². The smallest absolute Gasteiger partial charge is 0.0332 e. The second-order valence-corrected chi connectivity index (χ2v) is 7.78. The van der Waals surface area contributed by atoms with Crippen molar-refractivity contribution in [2.45, 2.75) is 53.1 Å². The van der Waals surface area contributed by atoms with Crippen molar-refractivity contribution in [2.24, 2.45) is 5.92 Å². The highest BCUT2D eigenvalue weighted by molar-refractivity contribution is 7.12. The predicted octanol–water partition coefficient (Wildman–Crippen LogP) is 3.75. The maximum Gasteiger partial charge on any atom is 0.0332 e. The van der Waals surface area contributed by atoms with E-state index in [1.54, 1.807) is 0 Å². The molecule has 108 valence electrons. The molecule has 2 atom stereocenters. The van der Waals surface area contributed by atoms with Crippen LogP contribution in [0.3, 0.4) is 0 Å². The minimum absolute atomic E-state index is 0.557. The molecule has 1 saturated heterocycles. The number of hydrogen-bond acceptors (Lipinski definition) is 3. The predicted molar refractivity (Wildman–Crippen MR) is 85.0 cm³/mol. The molecule has 1 aliphatic heterocycles. The number of aryl methyl sites for hydroxylation is 2. The van der Waals surface area contributed by atoms with E-state index < -0.39 is 0 Å². The Balaban J connectivity index is 2.02. The molecule has 0 aliphatic carbocycles. The van der Waals surface area contributed by atoms with Crippen LogP contribution in [-0.4, -0.2) is 30.6 Å². The normalized spacial score (nSPS) is 22.9. The molecule has 1 aromatic rings. The van der Waals surface area contributed by atoms with E-state index in [0.29, 0.717) is 12.1 Å². The van der Waals surface area contributed by atoms with E-state index in [9.17, 15) is 0 Å². The summed E-state index contributed by atoms with van der Waals surface area (Å²) in [6, 6.07) is 3.60. The molecule has 1 fully saturated rings. The molecule has 0 radical (unpaired) electrons. The molecular weight excluding hydrogens is 252 g/mol. The summed E-state index contributed by atoms with van der Waals surface area (Å²) in [5, 5.41) is 3.67. The fraction of sp³-hybridized carbons (Fsp3) is 0.750. The molecule has 1 aliphatic rings. The maximum absolute atomic E-state index is 3.67. The summed E-state index contributed by atoms with van der Waals surface area (Å²) < 4.78 is 0. The van der Waals surface area contributed by atoms with Gasteiger partial charge in [0.2, 0.25) is 0 Å². The lowest BCUT2D eigenvalue weighted by Crippen LogP contribution is -2.51. The Hall–Kier alpha value is -0.380. The Bertz CT molecular complexity index is 411. The van der Waals surface area contributed by atoms with E-state index in [1.165, 1.54) is 34.8 Å². The highest BCUT2D eigenvalue weighted by Gasteiger charge is 2.25. The molecular formula is C16H28N2S. The first-order chi connectivity index (χ1) is 8.97. The van der Waals surface area contributed by atoms with E-state index in [-0.39, 0.29) is 0 Å². The number of nitrogens with one attached hydrogen (secondary N) is 1. The summed E-state index contributed by atoms with van der Waals surface area (Å²) in [5.41, 5.74) is 1.53. The van der Waals surface area contributed by atoms with E-state index in [4.69, 9.17) is 0 Å². The standard InChI is InChI=1S/C16H28N2S/c1-11(2)8-15-10-18(7-6-17-15)13(4)16-9-12(3)19-14(16)5/h9,11,13,15,17H,6-8,10H2,1-5H3. The van der Waals surface area contributed by atoms with E-state index in [2.05, 4.69) is 50.9 Å². The Morgan fingerprint density at radius 3 is 2.68 bits per heavy atom. The lowest BCUT2D eigenvalue weighted by molar-refractivity contribution is 0.143. The fourth-order valence-electron chi connectivity index (χ4n) is 3.19. The number of piperazine rings is 1. The van der Waals surface area contributed by atoms with Crippen LogP contribution in [0.5, 0.6) is 0 Å². The van der Waals surface area contributed by atoms with Gasteiger partial charge in [0.1, 0.15) is 0 Å². The molecule has 2 unspecified atom stereocenters. The minimum Gasteiger partial charge on any atom is -0.311 e. The molecule has 1 aromatic heterocycles. The van der Waals surface area contributed by atoms with Crippen LogP contribution in [0.2, 0.25) is 0 Å². The summed E-state index contributed by atoms with van der Waals surface area (Å²) >= 11 is 1.93. The number of rotatable bonds is 4. The Morgan fingerprint density at radius 2 is 2.11 bits per heavy atom. The van der Waals surface area contributed by atoms with Gasteiger partial charge in [-0.3, -0.25) is 4.90 Å². The first-order valence-corrected chi connectivity index (χ1v) is 8.33. The average molecular weight is 280 g/mol. The van der Waals surface area contributed by atoms with Gasteiger partial charge in [0.25, 0.3) is 0 Å². The molecule has 3 heteroatoms. The topological polar surface area (TPSA) is 15.3 Å². The third-order valence-electron chi connectivity index (χ3n) is 4.12. The SMILES string of the molecule is Cc1cc(C(C)N2CCNC(CC(C)C)C2)c(C)s1. The van der Waals surface area contributed by atoms with Crippen LogP contribution in [0.1, 0.15) is 48.6 Å². The van der Waals surface area contributed by atoms with Gasteiger partial charge >= 0.3 is 0 Å². The summed E-state index contributed by atoms with van der Waals surface area (Å²) in [5.74, 6) is 0.776. The van der Waals surface area contributed by atoms with Gasteiger partial charge in [-0.25, -0.2) is 0 Å². The van der Waals surface area contributed by atoms with Gasteiger partial charge in [0, 0.05) is 41.5 Å². The van der Waals surface area contributed by atoms with Gasteiger partial charge in [-0.05, 0) is 44.7 Å². The average Bonchev–Trinajstić information content (AvgIpc) is 2.67. The van der Waals surface area contributed by atoms with E-state index in [1.807, 2.05) is 11.3 Å². The highest BCUT2D eigenvalue weighted by Crippen LogP contribution is 2.30. The van der Waals surface area contributed by atoms with Crippen molar-refractivity contribution in [1.82, 2.24) is 10.2 Å². The molecule has 0 saturated carbocycles. The number of hydrogen-bond donors (Lipinski definition) is 1. The lowest BCUT2D eigenvalue weighted by atomic mass is 9.99. The van der Waals surface area contributed by atoms with Gasteiger partial charge in [0.15, 0.2) is 0 Å². The van der Waals surface area contributed by atoms with Crippen LogP contribution in [0.15, 0.2) is 6.07 Å².